The molecule has 1 N–H and O–H groups in total. The molecule has 2 aromatic rings. The van der Waals surface area contributed by atoms with Crippen molar-refractivity contribution in [1.82, 2.24) is 9.97 Å². The second kappa shape index (κ2) is 4.37. The Labute approximate surface area is 107 Å². The van der Waals surface area contributed by atoms with Gasteiger partial charge in [-0.1, -0.05) is 0 Å². The van der Waals surface area contributed by atoms with Crippen LogP contribution in [0.5, 0.6) is 0 Å². The van der Waals surface area contributed by atoms with Crippen LogP contribution in [0.25, 0.3) is 11.3 Å². The van der Waals surface area contributed by atoms with E-state index in [4.69, 9.17) is 0 Å². The van der Waals surface area contributed by atoms with Gasteiger partial charge < -0.3 is 4.98 Å². The van der Waals surface area contributed by atoms with E-state index in [2.05, 4.69) is 32.6 Å². The van der Waals surface area contributed by atoms with Gasteiger partial charge in [0.05, 0.1) is 9.26 Å². The zero-order valence-corrected chi connectivity index (χ0v) is 11.2. The molecule has 0 unspecified atom stereocenters. The van der Waals surface area contributed by atoms with Crippen molar-refractivity contribution in [3.63, 3.8) is 0 Å². The summed E-state index contributed by atoms with van der Waals surface area (Å²) < 4.78 is 0.898. The van der Waals surface area contributed by atoms with Gasteiger partial charge in [-0.2, -0.15) is 0 Å². The van der Waals surface area contributed by atoms with E-state index >= 15 is 0 Å². The molecule has 0 aliphatic carbocycles. The first kappa shape index (κ1) is 11.3. The Morgan fingerprint density at radius 2 is 2.00 bits per heavy atom. The van der Waals surface area contributed by atoms with E-state index in [-0.39, 0.29) is 5.78 Å². The highest BCUT2D eigenvalue weighted by atomic mass is 127. The third-order valence-corrected chi connectivity index (χ3v) is 3.33. The van der Waals surface area contributed by atoms with Crippen LogP contribution in [0.2, 0.25) is 0 Å². The Bertz CT molecular complexity index is 531. The Morgan fingerprint density at radius 3 is 2.50 bits per heavy atom. The zero-order chi connectivity index (χ0) is 11.7. The summed E-state index contributed by atoms with van der Waals surface area (Å²) in [4.78, 5) is 18.7. The zero-order valence-electron chi connectivity index (χ0n) is 9.04. The predicted molar refractivity (Wildman–Crippen MR) is 71.5 cm³/mol. The lowest BCUT2D eigenvalue weighted by Gasteiger charge is -1.99. The molecule has 0 aliphatic rings. The molecule has 0 spiro atoms. The van der Waals surface area contributed by atoms with Crippen LogP contribution < -0.4 is 0 Å². The number of pyridine rings is 1. The van der Waals surface area contributed by atoms with Crippen molar-refractivity contribution in [2.24, 2.45) is 0 Å². The fourth-order valence-corrected chi connectivity index (χ4v) is 2.84. The average molecular weight is 326 g/mol. The maximum absolute atomic E-state index is 11.5. The predicted octanol–water partition coefficient (Wildman–Crippen LogP) is 3.19. The molecule has 0 saturated heterocycles. The molecular formula is C12H11IN2O. The van der Waals surface area contributed by atoms with E-state index in [9.17, 15) is 4.79 Å². The SMILES string of the molecule is CC(=O)c1c(I)[nH]c(-c2ccncc2)c1C. The van der Waals surface area contributed by atoms with Gasteiger partial charge in [-0.05, 0) is 54.1 Å². The summed E-state index contributed by atoms with van der Waals surface area (Å²) in [5, 5.41) is 0. The largest absolute Gasteiger partial charge is 0.349 e. The summed E-state index contributed by atoms with van der Waals surface area (Å²) in [6, 6.07) is 3.86. The van der Waals surface area contributed by atoms with Crippen LogP contribution in [-0.2, 0) is 0 Å². The molecule has 0 aromatic carbocycles. The first-order valence-electron chi connectivity index (χ1n) is 4.90. The number of carbonyl (C=O) groups excluding carboxylic acids is 1. The minimum absolute atomic E-state index is 0.0958. The van der Waals surface area contributed by atoms with Gasteiger partial charge in [0.15, 0.2) is 5.78 Å². The van der Waals surface area contributed by atoms with E-state index in [0.717, 1.165) is 26.1 Å². The molecule has 0 atom stereocenters. The van der Waals surface area contributed by atoms with Crippen molar-refractivity contribution in [2.45, 2.75) is 13.8 Å². The molecule has 0 amide bonds. The summed E-state index contributed by atoms with van der Waals surface area (Å²) in [6.45, 7) is 3.56. The number of aromatic nitrogens is 2. The summed E-state index contributed by atoms with van der Waals surface area (Å²) in [5.41, 5.74) is 3.84. The quantitative estimate of drug-likeness (QED) is 0.680. The van der Waals surface area contributed by atoms with Gasteiger partial charge in [0, 0.05) is 23.7 Å². The van der Waals surface area contributed by atoms with Crippen molar-refractivity contribution >= 4 is 28.4 Å². The Morgan fingerprint density at radius 1 is 1.38 bits per heavy atom. The number of hydrogen-bond donors (Lipinski definition) is 1. The van der Waals surface area contributed by atoms with E-state index in [1.54, 1.807) is 19.3 Å². The highest BCUT2D eigenvalue weighted by molar-refractivity contribution is 14.1. The monoisotopic (exact) mass is 326 g/mol. The number of Topliss-reactive ketones (excluding diaryl/α,β-unsaturated/α-hetero) is 1. The van der Waals surface area contributed by atoms with Crippen molar-refractivity contribution in [3.8, 4) is 11.3 Å². The lowest BCUT2D eigenvalue weighted by Crippen LogP contribution is -1.94. The van der Waals surface area contributed by atoms with Crippen LogP contribution in [0, 0.1) is 10.6 Å². The maximum Gasteiger partial charge on any atom is 0.162 e. The van der Waals surface area contributed by atoms with Crippen molar-refractivity contribution in [1.29, 1.82) is 0 Å². The molecule has 2 heterocycles. The molecule has 82 valence electrons. The molecule has 0 fully saturated rings. The van der Waals surface area contributed by atoms with Gasteiger partial charge in [-0.25, -0.2) is 0 Å². The molecule has 0 bridgehead atoms. The molecule has 3 nitrogen and oxygen atoms in total. The third-order valence-electron chi connectivity index (χ3n) is 2.53. The van der Waals surface area contributed by atoms with E-state index in [0.29, 0.717) is 0 Å². The summed E-state index contributed by atoms with van der Waals surface area (Å²) in [6.07, 6.45) is 3.49. The number of nitrogens with zero attached hydrogens (tertiary/aromatic N) is 1. The van der Waals surface area contributed by atoms with Gasteiger partial charge in [0.2, 0.25) is 0 Å². The number of H-pyrrole nitrogens is 1. The number of rotatable bonds is 2. The van der Waals surface area contributed by atoms with Crippen LogP contribution in [-0.4, -0.2) is 15.8 Å². The molecular weight excluding hydrogens is 315 g/mol. The van der Waals surface area contributed by atoms with E-state index in [1.807, 2.05) is 19.1 Å². The summed E-state index contributed by atoms with van der Waals surface area (Å²) >= 11 is 2.16. The second-order valence-corrected chi connectivity index (χ2v) is 4.68. The van der Waals surface area contributed by atoms with Crippen molar-refractivity contribution in [3.05, 3.63) is 39.4 Å². The minimum Gasteiger partial charge on any atom is -0.349 e. The van der Waals surface area contributed by atoms with Crippen LogP contribution >= 0.6 is 22.6 Å². The summed E-state index contributed by atoms with van der Waals surface area (Å²) in [7, 11) is 0. The average Bonchev–Trinajstić information content (AvgIpc) is 2.55. The number of ketones is 1. The first-order valence-corrected chi connectivity index (χ1v) is 5.98. The fraction of sp³-hybridized carbons (Fsp3) is 0.167. The highest BCUT2D eigenvalue weighted by Gasteiger charge is 2.16. The number of halogens is 1. The standard InChI is InChI=1S/C12H11IN2O/c1-7-10(8(2)16)12(13)15-11(7)9-3-5-14-6-4-9/h3-6,15H,1-2H3. The first-order chi connectivity index (χ1) is 7.61. The van der Waals surface area contributed by atoms with Gasteiger partial charge in [0.1, 0.15) is 0 Å². The number of nitrogens with one attached hydrogen (secondary N) is 1. The van der Waals surface area contributed by atoms with E-state index in [1.165, 1.54) is 0 Å². The van der Waals surface area contributed by atoms with Crippen LogP contribution in [0.3, 0.4) is 0 Å². The maximum atomic E-state index is 11.5. The van der Waals surface area contributed by atoms with Crippen molar-refractivity contribution < 1.29 is 4.79 Å². The molecule has 2 rings (SSSR count). The number of aromatic amines is 1. The smallest absolute Gasteiger partial charge is 0.162 e. The minimum atomic E-state index is 0.0958. The topological polar surface area (TPSA) is 45.8 Å². The molecule has 0 radical (unpaired) electrons. The Hall–Kier alpha value is -1.17. The number of carbonyl (C=O) groups is 1. The van der Waals surface area contributed by atoms with Crippen LogP contribution in [0.15, 0.2) is 24.5 Å². The van der Waals surface area contributed by atoms with Crippen LogP contribution in [0.1, 0.15) is 22.8 Å². The fourth-order valence-electron chi connectivity index (χ4n) is 1.78. The Balaban J connectivity index is 2.61. The Kier molecular flexibility index (Phi) is 3.09. The molecule has 2 aromatic heterocycles. The summed E-state index contributed by atoms with van der Waals surface area (Å²) in [5.74, 6) is 0.0958. The molecule has 4 heteroatoms. The van der Waals surface area contributed by atoms with Gasteiger partial charge in [-0.15, -0.1) is 0 Å². The van der Waals surface area contributed by atoms with E-state index < -0.39 is 0 Å². The van der Waals surface area contributed by atoms with Gasteiger partial charge in [0.25, 0.3) is 0 Å². The third kappa shape index (κ3) is 1.89. The normalized spacial score (nSPS) is 10.4. The lowest BCUT2D eigenvalue weighted by atomic mass is 10.1. The number of hydrogen-bond acceptors (Lipinski definition) is 2. The highest BCUT2D eigenvalue weighted by Crippen LogP contribution is 2.28. The van der Waals surface area contributed by atoms with Gasteiger partial charge in [-0.3, -0.25) is 9.78 Å². The molecule has 16 heavy (non-hydrogen) atoms. The van der Waals surface area contributed by atoms with Gasteiger partial charge >= 0.3 is 0 Å². The lowest BCUT2D eigenvalue weighted by molar-refractivity contribution is 0.101. The molecule has 0 saturated carbocycles. The van der Waals surface area contributed by atoms with Crippen molar-refractivity contribution in [2.75, 3.05) is 0 Å². The van der Waals surface area contributed by atoms with Crippen LogP contribution in [0.4, 0.5) is 0 Å². The molecule has 0 aliphatic heterocycles. The second-order valence-electron chi connectivity index (χ2n) is 3.61.